The van der Waals surface area contributed by atoms with Crippen molar-refractivity contribution in [2.45, 2.75) is 38.3 Å². The van der Waals surface area contributed by atoms with Gasteiger partial charge in [0.1, 0.15) is 5.75 Å². The predicted octanol–water partition coefficient (Wildman–Crippen LogP) is 4.21. The third kappa shape index (κ3) is 4.86. The number of ether oxygens (including phenoxy) is 1. The van der Waals surface area contributed by atoms with Gasteiger partial charge in [-0.3, -0.25) is 14.6 Å². The molecule has 1 aliphatic rings. The SMILES string of the molecule is COc1cccc(CC(=O)N2CCC[C@@H](c3cc4nc(C)cc(C(F)(F)F)c4c(=O)[nH]3)C2)c1. The largest absolute Gasteiger partial charge is 0.497 e. The van der Waals surface area contributed by atoms with Gasteiger partial charge < -0.3 is 14.6 Å². The van der Waals surface area contributed by atoms with Crippen molar-refractivity contribution in [2.24, 2.45) is 0 Å². The number of H-pyrrole nitrogens is 1. The Morgan fingerprint density at radius 3 is 2.79 bits per heavy atom. The molecule has 1 N–H and O–H groups in total. The minimum absolute atomic E-state index is 0.0147. The predicted molar refractivity (Wildman–Crippen MR) is 117 cm³/mol. The molecule has 0 aliphatic carbocycles. The third-order valence-corrected chi connectivity index (χ3v) is 5.96. The summed E-state index contributed by atoms with van der Waals surface area (Å²) < 4.78 is 45.6. The number of aryl methyl sites for hydroxylation is 1. The van der Waals surface area contributed by atoms with Crippen molar-refractivity contribution >= 4 is 16.8 Å². The van der Waals surface area contributed by atoms with Crippen LogP contribution in [0.1, 0.15) is 41.3 Å². The van der Waals surface area contributed by atoms with Gasteiger partial charge in [-0.1, -0.05) is 12.1 Å². The summed E-state index contributed by atoms with van der Waals surface area (Å²) in [5.74, 6) is 0.428. The van der Waals surface area contributed by atoms with Crippen LogP contribution in [0.3, 0.4) is 0 Å². The van der Waals surface area contributed by atoms with E-state index in [0.717, 1.165) is 18.1 Å². The number of fused-ring (bicyclic) bond motifs is 1. The van der Waals surface area contributed by atoms with E-state index in [9.17, 15) is 22.8 Å². The lowest BCUT2D eigenvalue weighted by Gasteiger charge is -2.33. The molecule has 33 heavy (non-hydrogen) atoms. The van der Waals surface area contributed by atoms with Crippen LogP contribution in [-0.4, -0.2) is 41.0 Å². The van der Waals surface area contributed by atoms with Crippen LogP contribution < -0.4 is 10.3 Å². The van der Waals surface area contributed by atoms with E-state index in [-0.39, 0.29) is 29.5 Å². The van der Waals surface area contributed by atoms with Crippen LogP contribution in [0.5, 0.6) is 5.75 Å². The maximum absolute atomic E-state index is 13.5. The normalized spacial score (nSPS) is 16.8. The zero-order valence-electron chi connectivity index (χ0n) is 18.3. The minimum Gasteiger partial charge on any atom is -0.497 e. The monoisotopic (exact) mass is 459 g/mol. The molecule has 6 nitrogen and oxygen atoms in total. The number of rotatable bonds is 4. The summed E-state index contributed by atoms with van der Waals surface area (Å²) in [4.78, 5) is 34.1. The fourth-order valence-electron chi connectivity index (χ4n) is 4.39. The zero-order valence-corrected chi connectivity index (χ0v) is 18.3. The summed E-state index contributed by atoms with van der Waals surface area (Å²) in [6.45, 7) is 2.43. The number of amides is 1. The second kappa shape index (κ2) is 8.88. The number of carbonyl (C=O) groups excluding carboxylic acids is 1. The summed E-state index contributed by atoms with van der Waals surface area (Å²) in [6, 6.07) is 9.70. The number of nitrogens with one attached hydrogen (secondary N) is 1. The molecule has 1 atom stereocenters. The highest BCUT2D eigenvalue weighted by Gasteiger charge is 2.35. The lowest BCUT2D eigenvalue weighted by molar-refractivity contribution is -0.136. The van der Waals surface area contributed by atoms with Crippen molar-refractivity contribution in [1.29, 1.82) is 0 Å². The Bertz CT molecular complexity index is 1250. The van der Waals surface area contributed by atoms with Crippen molar-refractivity contribution in [3.8, 4) is 5.75 Å². The molecule has 1 saturated heterocycles. The quantitative estimate of drug-likeness (QED) is 0.634. The molecule has 2 aromatic heterocycles. The van der Waals surface area contributed by atoms with E-state index in [1.807, 2.05) is 18.2 Å². The number of benzene rings is 1. The van der Waals surface area contributed by atoms with Crippen molar-refractivity contribution < 1.29 is 22.7 Å². The lowest BCUT2D eigenvalue weighted by Crippen LogP contribution is -2.40. The molecule has 0 saturated carbocycles. The van der Waals surface area contributed by atoms with Crippen LogP contribution in [0.2, 0.25) is 0 Å². The fourth-order valence-corrected chi connectivity index (χ4v) is 4.39. The zero-order chi connectivity index (χ0) is 23.8. The number of methoxy groups -OCH3 is 1. The van der Waals surface area contributed by atoms with Crippen LogP contribution in [0.25, 0.3) is 10.9 Å². The van der Waals surface area contributed by atoms with Crippen molar-refractivity contribution in [3.05, 3.63) is 69.3 Å². The molecular weight excluding hydrogens is 435 g/mol. The van der Waals surface area contributed by atoms with Gasteiger partial charge in [0.05, 0.1) is 30.0 Å². The second-order valence-corrected chi connectivity index (χ2v) is 8.33. The number of pyridine rings is 2. The van der Waals surface area contributed by atoms with E-state index < -0.39 is 22.7 Å². The topological polar surface area (TPSA) is 75.3 Å². The Labute approximate surface area is 188 Å². The maximum Gasteiger partial charge on any atom is 0.417 e. The van der Waals surface area contributed by atoms with E-state index in [0.29, 0.717) is 31.0 Å². The first-order chi connectivity index (χ1) is 15.7. The van der Waals surface area contributed by atoms with Crippen LogP contribution in [0, 0.1) is 6.92 Å². The average molecular weight is 459 g/mol. The summed E-state index contributed by atoms with van der Waals surface area (Å²) in [6.07, 6.45) is -3.01. The van der Waals surface area contributed by atoms with Gasteiger partial charge in [-0.2, -0.15) is 13.2 Å². The minimum atomic E-state index is -4.66. The fraction of sp³-hybridized carbons (Fsp3) is 0.375. The van der Waals surface area contributed by atoms with Crippen LogP contribution >= 0.6 is 0 Å². The highest BCUT2D eigenvalue weighted by Crippen LogP contribution is 2.34. The molecule has 0 spiro atoms. The molecule has 3 aromatic rings. The molecular formula is C24H24F3N3O3. The Hall–Kier alpha value is -3.36. The first-order valence-corrected chi connectivity index (χ1v) is 10.7. The van der Waals surface area contributed by atoms with E-state index in [1.54, 1.807) is 18.1 Å². The summed E-state index contributed by atoms with van der Waals surface area (Å²) >= 11 is 0. The number of nitrogens with zero attached hydrogens (tertiary/aromatic N) is 2. The summed E-state index contributed by atoms with van der Waals surface area (Å²) in [5, 5.41) is -0.460. The number of likely N-dealkylation sites (tertiary alicyclic amines) is 1. The van der Waals surface area contributed by atoms with E-state index >= 15 is 0 Å². The van der Waals surface area contributed by atoms with Crippen molar-refractivity contribution in [3.63, 3.8) is 0 Å². The number of aromatic amines is 1. The first-order valence-electron chi connectivity index (χ1n) is 10.7. The molecule has 0 bridgehead atoms. The van der Waals surface area contributed by atoms with Crippen molar-refractivity contribution in [1.82, 2.24) is 14.9 Å². The van der Waals surface area contributed by atoms with Gasteiger partial charge in [-0.25, -0.2) is 0 Å². The van der Waals surface area contributed by atoms with Gasteiger partial charge in [0.2, 0.25) is 5.91 Å². The summed E-state index contributed by atoms with van der Waals surface area (Å²) in [7, 11) is 1.56. The van der Waals surface area contributed by atoms with Crippen LogP contribution in [0.4, 0.5) is 13.2 Å². The first kappa shape index (κ1) is 22.8. The average Bonchev–Trinajstić information content (AvgIpc) is 2.77. The number of hydrogen-bond donors (Lipinski definition) is 1. The Morgan fingerprint density at radius 2 is 2.06 bits per heavy atom. The number of piperidine rings is 1. The molecule has 1 fully saturated rings. The molecule has 1 aromatic carbocycles. The molecule has 9 heteroatoms. The maximum atomic E-state index is 13.5. The van der Waals surface area contributed by atoms with Gasteiger partial charge in [0.25, 0.3) is 5.56 Å². The van der Waals surface area contributed by atoms with Crippen LogP contribution in [0.15, 0.2) is 41.2 Å². The number of aromatic nitrogens is 2. The van der Waals surface area contributed by atoms with E-state index in [4.69, 9.17) is 4.74 Å². The summed E-state index contributed by atoms with van der Waals surface area (Å²) in [5.41, 5.74) is -0.276. The number of halogens is 3. The molecule has 0 radical (unpaired) electrons. The van der Waals surface area contributed by atoms with Crippen molar-refractivity contribution in [2.75, 3.05) is 20.2 Å². The molecule has 3 heterocycles. The number of hydrogen-bond acceptors (Lipinski definition) is 4. The molecule has 0 unspecified atom stereocenters. The molecule has 1 amide bonds. The standard InChI is InChI=1S/C24H24F3N3O3/c1-14-9-18(24(25,26)27)22-20(28-14)12-19(29-23(22)32)16-6-4-8-30(13-16)21(31)11-15-5-3-7-17(10-15)33-2/h3,5,7,9-10,12,16H,4,6,8,11,13H2,1-2H3,(H,29,32)/t16-/m1/s1. The van der Waals surface area contributed by atoms with Gasteiger partial charge in [-0.05, 0) is 49.6 Å². The highest BCUT2D eigenvalue weighted by molar-refractivity contribution is 5.82. The Kier molecular flexibility index (Phi) is 6.14. The number of alkyl halides is 3. The smallest absolute Gasteiger partial charge is 0.417 e. The van der Waals surface area contributed by atoms with E-state index in [2.05, 4.69) is 9.97 Å². The Morgan fingerprint density at radius 1 is 1.27 bits per heavy atom. The third-order valence-electron chi connectivity index (χ3n) is 5.96. The van der Waals surface area contributed by atoms with Gasteiger partial charge in [-0.15, -0.1) is 0 Å². The Balaban J connectivity index is 1.59. The molecule has 1 aliphatic heterocycles. The second-order valence-electron chi connectivity index (χ2n) is 8.33. The van der Waals surface area contributed by atoms with Gasteiger partial charge in [0, 0.05) is 30.4 Å². The molecule has 4 rings (SSSR count). The lowest BCUT2D eigenvalue weighted by atomic mass is 9.93. The molecule has 174 valence electrons. The number of carbonyl (C=O) groups is 1. The van der Waals surface area contributed by atoms with E-state index in [1.165, 1.54) is 13.0 Å². The van der Waals surface area contributed by atoms with Gasteiger partial charge >= 0.3 is 6.18 Å². The highest BCUT2D eigenvalue weighted by atomic mass is 19.4. The van der Waals surface area contributed by atoms with Gasteiger partial charge in [0.15, 0.2) is 0 Å². The van der Waals surface area contributed by atoms with Crippen LogP contribution in [-0.2, 0) is 17.4 Å².